The van der Waals surface area contributed by atoms with E-state index in [0.717, 1.165) is 5.56 Å². The van der Waals surface area contributed by atoms with E-state index in [1.54, 1.807) is 24.1 Å². The Bertz CT molecular complexity index is 625. The first kappa shape index (κ1) is 16.2. The lowest BCUT2D eigenvalue weighted by Gasteiger charge is -2.24. The van der Waals surface area contributed by atoms with E-state index in [0.29, 0.717) is 11.3 Å². The first-order valence-electron chi connectivity index (χ1n) is 7.24. The molecule has 1 aromatic carbocycles. The third kappa shape index (κ3) is 3.33. The molecule has 118 valence electrons. The van der Waals surface area contributed by atoms with Gasteiger partial charge in [0.15, 0.2) is 0 Å². The van der Waals surface area contributed by atoms with Crippen LogP contribution in [0.5, 0.6) is 0 Å². The highest BCUT2D eigenvalue weighted by Gasteiger charge is 2.36. The summed E-state index contributed by atoms with van der Waals surface area (Å²) in [5.74, 6) is -1.14. The fraction of sp³-hybridized carbons (Fsp3) is 0.438. The molecule has 2 amide bonds. The topological polar surface area (TPSA) is 69.7 Å². The largest absolute Gasteiger partial charge is 0.353 e. The average molecular weight is 303 g/mol. The number of carbonyl (C=O) groups is 3. The average Bonchev–Trinajstić information content (AvgIpc) is 2.62. The van der Waals surface area contributed by atoms with Crippen LogP contribution in [0.15, 0.2) is 18.2 Å². The maximum absolute atomic E-state index is 12.1. The summed E-state index contributed by atoms with van der Waals surface area (Å²) in [5.41, 5.74) is 1.98. The smallest absolute Gasteiger partial charge is 0.300 e. The minimum absolute atomic E-state index is 0.0691. The number of nitrogens with one attached hydrogen (secondary N) is 1. The van der Waals surface area contributed by atoms with Crippen molar-refractivity contribution in [1.29, 1.82) is 0 Å². The Hall–Kier alpha value is -2.21. The third-order valence-corrected chi connectivity index (χ3v) is 3.37. The van der Waals surface area contributed by atoms with Crippen LogP contribution in [0.2, 0.25) is 0 Å². The molecule has 1 heterocycles. The van der Waals surface area contributed by atoms with Crippen LogP contribution < -0.4 is 10.2 Å². The number of aryl methyl sites for hydroxylation is 1. The van der Waals surface area contributed by atoms with Crippen molar-refractivity contribution in [2.45, 2.75) is 26.8 Å². The Morgan fingerprint density at radius 3 is 2.64 bits per heavy atom. The van der Waals surface area contributed by atoms with Gasteiger partial charge in [-0.05, 0) is 40.0 Å². The summed E-state index contributed by atoms with van der Waals surface area (Å²) in [6.45, 7) is 6.02. The SMILES string of the molecule is Cc1ccc2c(c1)C(=O)C(=O)N2CN(C)CC(=O)NC(C)C. The third-order valence-electron chi connectivity index (χ3n) is 3.37. The van der Waals surface area contributed by atoms with Gasteiger partial charge < -0.3 is 5.32 Å². The lowest BCUT2D eigenvalue weighted by molar-refractivity contribution is -0.123. The van der Waals surface area contributed by atoms with E-state index in [2.05, 4.69) is 5.32 Å². The molecule has 0 spiro atoms. The van der Waals surface area contributed by atoms with Gasteiger partial charge in [-0.15, -0.1) is 0 Å². The van der Waals surface area contributed by atoms with E-state index in [1.807, 2.05) is 26.8 Å². The molecule has 1 N–H and O–H groups in total. The minimum Gasteiger partial charge on any atom is -0.353 e. The van der Waals surface area contributed by atoms with Gasteiger partial charge in [0, 0.05) is 6.04 Å². The molecule has 0 unspecified atom stereocenters. The maximum Gasteiger partial charge on any atom is 0.300 e. The number of fused-ring (bicyclic) bond motifs is 1. The summed E-state index contributed by atoms with van der Waals surface area (Å²) >= 11 is 0. The van der Waals surface area contributed by atoms with Crippen LogP contribution in [0, 0.1) is 6.92 Å². The second-order valence-corrected chi connectivity index (χ2v) is 5.96. The molecule has 0 fully saturated rings. The first-order chi connectivity index (χ1) is 10.3. The molecule has 0 aliphatic carbocycles. The number of ketones is 1. The predicted octanol–water partition coefficient (Wildman–Crippen LogP) is 0.938. The van der Waals surface area contributed by atoms with Gasteiger partial charge in [0.1, 0.15) is 0 Å². The second-order valence-electron chi connectivity index (χ2n) is 5.96. The number of anilines is 1. The molecule has 0 bridgehead atoms. The fourth-order valence-corrected chi connectivity index (χ4v) is 2.46. The second kappa shape index (κ2) is 6.27. The maximum atomic E-state index is 12.1. The number of rotatable bonds is 5. The van der Waals surface area contributed by atoms with Crippen molar-refractivity contribution in [3.63, 3.8) is 0 Å². The van der Waals surface area contributed by atoms with Crippen LogP contribution in [-0.2, 0) is 9.59 Å². The Morgan fingerprint density at radius 1 is 1.32 bits per heavy atom. The number of amides is 2. The van der Waals surface area contributed by atoms with Gasteiger partial charge >= 0.3 is 5.91 Å². The van der Waals surface area contributed by atoms with E-state index in [1.165, 1.54) is 4.90 Å². The highest BCUT2D eigenvalue weighted by molar-refractivity contribution is 6.52. The standard InChI is InChI=1S/C16H21N3O3/c1-10(2)17-14(20)8-18(4)9-19-13-6-5-11(3)7-12(13)15(21)16(19)22/h5-7,10H,8-9H2,1-4H3,(H,17,20). The molecule has 1 aliphatic rings. The normalized spacial score (nSPS) is 14.0. The molecule has 0 saturated carbocycles. The predicted molar refractivity (Wildman–Crippen MR) is 83.8 cm³/mol. The van der Waals surface area contributed by atoms with Gasteiger partial charge in [0.05, 0.1) is 24.5 Å². The van der Waals surface area contributed by atoms with E-state index < -0.39 is 11.7 Å². The molecule has 1 aliphatic heterocycles. The van der Waals surface area contributed by atoms with Gasteiger partial charge in [-0.25, -0.2) is 0 Å². The molecule has 0 aromatic heterocycles. The summed E-state index contributed by atoms with van der Waals surface area (Å²) in [7, 11) is 1.74. The van der Waals surface area contributed by atoms with Crippen LogP contribution in [-0.4, -0.2) is 48.8 Å². The van der Waals surface area contributed by atoms with Gasteiger partial charge in [-0.2, -0.15) is 0 Å². The zero-order chi connectivity index (χ0) is 16.4. The van der Waals surface area contributed by atoms with Crippen LogP contribution in [0.3, 0.4) is 0 Å². The number of likely N-dealkylation sites (N-methyl/N-ethyl adjacent to an activating group) is 1. The highest BCUT2D eigenvalue weighted by Crippen LogP contribution is 2.29. The zero-order valence-electron chi connectivity index (χ0n) is 13.3. The summed E-state index contributed by atoms with van der Waals surface area (Å²) in [4.78, 5) is 39.0. The quantitative estimate of drug-likeness (QED) is 0.822. The van der Waals surface area contributed by atoms with Crippen molar-refractivity contribution < 1.29 is 14.4 Å². The molecular weight excluding hydrogens is 282 g/mol. The summed E-state index contributed by atoms with van der Waals surface area (Å²) in [5, 5.41) is 2.79. The van der Waals surface area contributed by atoms with Crippen molar-refractivity contribution in [2.75, 3.05) is 25.2 Å². The number of nitrogens with zero attached hydrogens (tertiary/aromatic N) is 2. The van der Waals surface area contributed by atoms with E-state index in [4.69, 9.17) is 0 Å². The summed E-state index contributed by atoms with van der Waals surface area (Å²) in [6.07, 6.45) is 0. The first-order valence-corrected chi connectivity index (χ1v) is 7.24. The van der Waals surface area contributed by atoms with Gasteiger partial charge in [0.2, 0.25) is 5.91 Å². The Kier molecular flexibility index (Phi) is 4.61. The number of Topliss-reactive ketones (excluding diaryl/α,β-unsaturated/α-hetero) is 1. The van der Waals surface area contributed by atoms with Crippen molar-refractivity contribution >= 4 is 23.3 Å². The van der Waals surface area contributed by atoms with E-state index in [-0.39, 0.29) is 25.2 Å². The number of benzene rings is 1. The fourth-order valence-electron chi connectivity index (χ4n) is 2.46. The number of carbonyl (C=O) groups excluding carboxylic acids is 3. The van der Waals surface area contributed by atoms with Crippen LogP contribution in [0.1, 0.15) is 29.8 Å². The highest BCUT2D eigenvalue weighted by atomic mass is 16.2. The number of hydrogen-bond acceptors (Lipinski definition) is 4. The molecule has 0 saturated heterocycles. The Balaban J connectivity index is 2.09. The lowest BCUT2D eigenvalue weighted by Crippen LogP contribution is -2.44. The summed E-state index contributed by atoms with van der Waals surface area (Å²) < 4.78 is 0. The zero-order valence-corrected chi connectivity index (χ0v) is 13.3. The van der Waals surface area contributed by atoms with E-state index in [9.17, 15) is 14.4 Å². The monoisotopic (exact) mass is 303 g/mol. The molecule has 0 atom stereocenters. The van der Waals surface area contributed by atoms with Crippen LogP contribution in [0.25, 0.3) is 0 Å². The van der Waals surface area contributed by atoms with Gasteiger partial charge in [0.25, 0.3) is 5.78 Å². The van der Waals surface area contributed by atoms with Crippen LogP contribution >= 0.6 is 0 Å². The molecule has 1 aromatic rings. The Labute approximate surface area is 130 Å². The molecule has 0 radical (unpaired) electrons. The van der Waals surface area contributed by atoms with Crippen molar-refractivity contribution in [3.8, 4) is 0 Å². The molecule has 6 nitrogen and oxygen atoms in total. The van der Waals surface area contributed by atoms with E-state index >= 15 is 0 Å². The van der Waals surface area contributed by atoms with Crippen LogP contribution in [0.4, 0.5) is 5.69 Å². The number of hydrogen-bond donors (Lipinski definition) is 1. The molecular formula is C16H21N3O3. The van der Waals surface area contributed by atoms with Crippen molar-refractivity contribution in [1.82, 2.24) is 10.2 Å². The van der Waals surface area contributed by atoms with Crippen molar-refractivity contribution in [2.24, 2.45) is 0 Å². The van der Waals surface area contributed by atoms with Gasteiger partial charge in [-0.3, -0.25) is 24.2 Å². The van der Waals surface area contributed by atoms with Crippen molar-refractivity contribution in [3.05, 3.63) is 29.3 Å². The molecule has 2 rings (SSSR count). The van der Waals surface area contributed by atoms with Gasteiger partial charge in [-0.1, -0.05) is 11.6 Å². The molecule has 6 heteroatoms. The lowest BCUT2D eigenvalue weighted by atomic mass is 10.1. The summed E-state index contributed by atoms with van der Waals surface area (Å²) in [6, 6.07) is 5.43. The Morgan fingerprint density at radius 2 is 2.00 bits per heavy atom. The molecule has 22 heavy (non-hydrogen) atoms. The minimum atomic E-state index is -0.545.